The number of fused-ring (bicyclic) bond motifs is 1. The minimum absolute atomic E-state index is 0.156. The standard InChI is InChI=1S/C14H19BrN2O/c1-8(2)7-17-12-6-11(16)10(15)5-9(12)14(3,4)13(17)18/h5-6,8H,7,16H2,1-4H3. The van der Waals surface area contributed by atoms with Gasteiger partial charge in [0.15, 0.2) is 0 Å². The third-order valence-corrected chi connectivity index (χ3v) is 4.09. The predicted octanol–water partition coefficient (Wildman–Crippen LogP) is 3.31. The fourth-order valence-electron chi connectivity index (χ4n) is 2.41. The molecule has 2 rings (SSSR count). The molecule has 98 valence electrons. The van der Waals surface area contributed by atoms with E-state index < -0.39 is 5.41 Å². The van der Waals surface area contributed by atoms with Gasteiger partial charge in [-0.1, -0.05) is 13.8 Å². The molecule has 3 nitrogen and oxygen atoms in total. The van der Waals surface area contributed by atoms with Crippen LogP contribution in [0, 0.1) is 5.92 Å². The van der Waals surface area contributed by atoms with Crippen LogP contribution in [0.1, 0.15) is 33.3 Å². The Kier molecular flexibility index (Phi) is 3.18. The summed E-state index contributed by atoms with van der Waals surface area (Å²) < 4.78 is 0.855. The molecular weight excluding hydrogens is 292 g/mol. The number of halogens is 1. The van der Waals surface area contributed by atoms with Gasteiger partial charge in [0.2, 0.25) is 5.91 Å². The monoisotopic (exact) mass is 310 g/mol. The van der Waals surface area contributed by atoms with E-state index in [0.29, 0.717) is 11.6 Å². The highest BCUT2D eigenvalue weighted by Crippen LogP contribution is 2.44. The van der Waals surface area contributed by atoms with Crippen LogP contribution in [0.5, 0.6) is 0 Å². The fourth-order valence-corrected chi connectivity index (χ4v) is 2.75. The fraction of sp³-hybridized carbons (Fsp3) is 0.500. The van der Waals surface area contributed by atoms with Gasteiger partial charge >= 0.3 is 0 Å². The summed E-state index contributed by atoms with van der Waals surface area (Å²) in [6.45, 7) is 8.89. The Morgan fingerprint density at radius 1 is 1.39 bits per heavy atom. The molecule has 18 heavy (non-hydrogen) atoms. The molecule has 0 saturated heterocycles. The summed E-state index contributed by atoms with van der Waals surface area (Å²) in [5.74, 6) is 0.587. The molecule has 0 radical (unpaired) electrons. The first-order valence-corrected chi connectivity index (χ1v) is 6.96. The van der Waals surface area contributed by atoms with Gasteiger partial charge in [-0.15, -0.1) is 0 Å². The zero-order chi connectivity index (χ0) is 13.7. The summed E-state index contributed by atoms with van der Waals surface area (Å²) in [5.41, 5.74) is 8.15. The van der Waals surface area contributed by atoms with Crippen LogP contribution >= 0.6 is 15.9 Å². The maximum atomic E-state index is 12.5. The molecule has 0 spiro atoms. The Morgan fingerprint density at radius 3 is 2.56 bits per heavy atom. The summed E-state index contributed by atoms with van der Waals surface area (Å²) in [4.78, 5) is 14.4. The number of benzene rings is 1. The number of carbonyl (C=O) groups is 1. The van der Waals surface area contributed by atoms with Crippen molar-refractivity contribution in [1.82, 2.24) is 0 Å². The molecule has 4 heteroatoms. The SMILES string of the molecule is CC(C)CN1C(=O)C(C)(C)c2cc(Br)c(N)cc21. The number of rotatable bonds is 2. The van der Waals surface area contributed by atoms with Crippen molar-refractivity contribution in [2.24, 2.45) is 5.92 Å². The van der Waals surface area contributed by atoms with E-state index in [-0.39, 0.29) is 5.91 Å². The molecule has 1 aromatic rings. The number of carbonyl (C=O) groups excluding carboxylic acids is 1. The first kappa shape index (κ1) is 13.4. The highest BCUT2D eigenvalue weighted by Gasteiger charge is 2.44. The summed E-state index contributed by atoms with van der Waals surface area (Å²) in [6.07, 6.45) is 0. The second kappa shape index (κ2) is 4.26. The van der Waals surface area contributed by atoms with Crippen molar-refractivity contribution in [2.45, 2.75) is 33.1 Å². The van der Waals surface area contributed by atoms with Gasteiger partial charge in [-0.25, -0.2) is 0 Å². The summed E-state index contributed by atoms with van der Waals surface area (Å²) in [5, 5.41) is 0. The Morgan fingerprint density at radius 2 is 2.00 bits per heavy atom. The molecule has 0 unspecified atom stereocenters. The molecule has 1 amide bonds. The average Bonchev–Trinajstić information content (AvgIpc) is 2.42. The third-order valence-electron chi connectivity index (χ3n) is 3.41. The van der Waals surface area contributed by atoms with Crippen molar-refractivity contribution in [3.05, 3.63) is 22.2 Å². The highest BCUT2D eigenvalue weighted by atomic mass is 79.9. The Bertz CT molecular complexity index is 509. The van der Waals surface area contributed by atoms with Crippen LogP contribution < -0.4 is 10.6 Å². The van der Waals surface area contributed by atoms with Gasteiger partial charge in [0, 0.05) is 16.7 Å². The molecule has 0 bridgehead atoms. The van der Waals surface area contributed by atoms with Crippen molar-refractivity contribution in [2.75, 3.05) is 17.2 Å². The molecule has 0 atom stereocenters. The van der Waals surface area contributed by atoms with Gasteiger partial charge in [0.25, 0.3) is 0 Å². The van der Waals surface area contributed by atoms with E-state index >= 15 is 0 Å². The normalized spacial score (nSPS) is 17.4. The minimum Gasteiger partial charge on any atom is -0.398 e. The predicted molar refractivity (Wildman–Crippen MR) is 78.8 cm³/mol. The lowest BCUT2D eigenvalue weighted by Crippen LogP contribution is -2.38. The maximum Gasteiger partial charge on any atom is 0.237 e. The van der Waals surface area contributed by atoms with Crippen LogP contribution in [-0.4, -0.2) is 12.5 Å². The van der Waals surface area contributed by atoms with E-state index in [0.717, 1.165) is 22.3 Å². The van der Waals surface area contributed by atoms with Crippen molar-refractivity contribution >= 4 is 33.2 Å². The minimum atomic E-state index is -0.472. The lowest BCUT2D eigenvalue weighted by molar-refractivity contribution is -0.122. The molecule has 1 aromatic carbocycles. The largest absolute Gasteiger partial charge is 0.398 e. The van der Waals surface area contributed by atoms with Crippen molar-refractivity contribution in [3.63, 3.8) is 0 Å². The van der Waals surface area contributed by atoms with Gasteiger partial charge in [-0.3, -0.25) is 4.79 Å². The van der Waals surface area contributed by atoms with Gasteiger partial charge in [0.05, 0.1) is 11.1 Å². The quantitative estimate of drug-likeness (QED) is 0.852. The van der Waals surface area contributed by atoms with Crippen LogP contribution in [0.4, 0.5) is 11.4 Å². The lowest BCUT2D eigenvalue weighted by Gasteiger charge is -2.22. The number of anilines is 2. The summed E-state index contributed by atoms with van der Waals surface area (Å²) >= 11 is 3.44. The molecule has 0 aliphatic carbocycles. The number of nitrogens with zero attached hydrogens (tertiary/aromatic N) is 1. The third kappa shape index (κ3) is 1.92. The van der Waals surface area contributed by atoms with Crippen LogP contribution in [0.2, 0.25) is 0 Å². The maximum absolute atomic E-state index is 12.5. The van der Waals surface area contributed by atoms with Crippen LogP contribution in [0.3, 0.4) is 0 Å². The molecule has 0 fully saturated rings. The van der Waals surface area contributed by atoms with Crippen molar-refractivity contribution < 1.29 is 4.79 Å². The topological polar surface area (TPSA) is 46.3 Å². The number of hydrogen-bond acceptors (Lipinski definition) is 2. The number of hydrogen-bond donors (Lipinski definition) is 1. The molecule has 0 saturated carbocycles. The lowest BCUT2D eigenvalue weighted by atomic mass is 9.86. The summed E-state index contributed by atoms with van der Waals surface area (Å²) in [6, 6.07) is 3.87. The van der Waals surface area contributed by atoms with E-state index in [1.807, 2.05) is 30.9 Å². The van der Waals surface area contributed by atoms with Gasteiger partial charge in [-0.05, 0) is 53.4 Å². The van der Waals surface area contributed by atoms with E-state index in [4.69, 9.17) is 5.73 Å². The van der Waals surface area contributed by atoms with E-state index in [2.05, 4.69) is 29.8 Å². The van der Waals surface area contributed by atoms with Gasteiger partial charge in [-0.2, -0.15) is 0 Å². The number of nitrogens with two attached hydrogens (primary N) is 1. The Labute approximate surface area is 116 Å². The van der Waals surface area contributed by atoms with Crippen molar-refractivity contribution in [3.8, 4) is 0 Å². The van der Waals surface area contributed by atoms with E-state index in [1.54, 1.807) is 0 Å². The molecule has 2 N–H and O–H groups in total. The first-order chi connectivity index (χ1) is 8.25. The zero-order valence-electron chi connectivity index (χ0n) is 11.2. The highest BCUT2D eigenvalue weighted by molar-refractivity contribution is 9.10. The van der Waals surface area contributed by atoms with Crippen LogP contribution in [0.15, 0.2) is 16.6 Å². The molecule has 1 aliphatic heterocycles. The molecular formula is C14H19BrN2O. The van der Waals surface area contributed by atoms with Gasteiger partial charge in [0.1, 0.15) is 0 Å². The Balaban J connectivity index is 2.58. The van der Waals surface area contributed by atoms with Crippen LogP contribution in [0.25, 0.3) is 0 Å². The molecule has 1 aliphatic rings. The average molecular weight is 311 g/mol. The molecule has 1 heterocycles. The number of amides is 1. The number of nitrogen functional groups attached to an aromatic ring is 1. The Hall–Kier alpha value is -1.03. The van der Waals surface area contributed by atoms with Crippen LogP contribution in [-0.2, 0) is 10.2 Å². The smallest absolute Gasteiger partial charge is 0.237 e. The van der Waals surface area contributed by atoms with E-state index in [1.165, 1.54) is 0 Å². The molecule has 0 aromatic heterocycles. The second-order valence-corrected chi connectivity index (χ2v) is 6.68. The summed E-state index contributed by atoms with van der Waals surface area (Å²) in [7, 11) is 0. The van der Waals surface area contributed by atoms with E-state index in [9.17, 15) is 4.79 Å². The van der Waals surface area contributed by atoms with Gasteiger partial charge < -0.3 is 10.6 Å². The first-order valence-electron chi connectivity index (χ1n) is 6.16. The van der Waals surface area contributed by atoms with Crippen molar-refractivity contribution in [1.29, 1.82) is 0 Å². The second-order valence-electron chi connectivity index (χ2n) is 5.83. The zero-order valence-corrected chi connectivity index (χ0v) is 12.8.